The summed E-state index contributed by atoms with van der Waals surface area (Å²) in [5, 5.41) is 11.8. The van der Waals surface area contributed by atoms with Gasteiger partial charge in [-0.2, -0.15) is 0 Å². The van der Waals surface area contributed by atoms with Gasteiger partial charge in [0.15, 0.2) is 5.82 Å². The number of anilines is 1. The summed E-state index contributed by atoms with van der Waals surface area (Å²) in [4.78, 5) is 20.3. The van der Waals surface area contributed by atoms with Crippen molar-refractivity contribution in [1.82, 2.24) is 24.9 Å². The second-order valence-electron chi connectivity index (χ2n) is 7.30. The number of hydrogen-bond donors (Lipinski definition) is 1. The van der Waals surface area contributed by atoms with Crippen LogP contribution in [0.25, 0.3) is 5.65 Å². The van der Waals surface area contributed by atoms with Crippen LogP contribution in [-0.4, -0.2) is 49.9 Å². The molecule has 7 nitrogen and oxygen atoms in total. The van der Waals surface area contributed by atoms with Gasteiger partial charge >= 0.3 is 0 Å². The summed E-state index contributed by atoms with van der Waals surface area (Å²) in [6.45, 7) is 5.92. The molecule has 0 bridgehead atoms. The Balaban J connectivity index is 1.33. The second kappa shape index (κ2) is 8.18. The molecule has 3 aromatic rings. The number of amides is 1. The number of aromatic nitrogens is 4. The van der Waals surface area contributed by atoms with Gasteiger partial charge in [-0.25, -0.2) is 4.98 Å². The first-order valence-corrected chi connectivity index (χ1v) is 10.4. The number of benzene rings is 1. The van der Waals surface area contributed by atoms with E-state index in [9.17, 15) is 4.79 Å². The minimum Gasteiger partial charge on any atom is -0.351 e. The average molecular weight is 397 g/mol. The molecule has 1 aliphatic rings. The van der Waals surface area contributed by atoms with Crippen LogP contribution < -0.4 is 10.2 Å². The fourth-order valence-corrected chi connectivity index (χ4v) is 4.30. The van der Waals surface area contributed by atoms with E-state index in [1.165, 1.54) is 4.90 Å². The smallest absolute Gasteiger partial charge is 0.224 e. The number of carbonyl (C=O) groups is 1. The SMILES string of the molecule is CC(C)Sc1ccc(CC(=O)N[C@@H]2CCN(c3nccn4cnnc34)C2)cc1. The summed E-state index contributed by atoms with van der Waals surface area (Å²) in [7, 11) is 0. The molecular weight excluding hydrogens is 372 g/mol. The summed E-state index contributed by atoms with van der Waals surface area (Å²) in [6, 6.07) is 8.39. The molecule has 1 amide bonds. The van der Waals surface area contributed by atoms with Crippen LogP contribution in [0, 0.1) is 0 Å². The highest BCUT2D eigenvalue weighted by Gasteiger charge is 2.26. The van der Waals surface area contributed by atoms with E-state index in [4.69, 9.17) is 0 Å². The molecule has 0 radical (unpaired) electrons. The van der Waals surface area contributed by atoms with Crippen LogP contribution in [0.2, 0.25) is 0 Å². The number of nitrogens with one attached hydrogen (secondary N) is 1. The fourth-order valence-electron chi connectivity index (χ4n) is 3.46. The van der Waals surface area contributed by atoms with Gasteiger partial charge in [0.2, 0.25) is 11.6 Å². The largest absolute Gasteiger partial charge is 0.351 e. The fraction of sp³-hybridized carbons (Fsp3) is 0.400. The lowest BCUT2D eigenvalue weighted by Gasteiger charge is -2.18. The number of carbonyl (C=O) groups excluding carboxylic acids is 1. The predicted molar refractivity (Wildman–Crippen MR) is 111 cm³/mol. The molecule has 1 aliphatic heterocycles. The number of hydrogen-bond acceptors (Lipinski definition) is 6. The lowest BCUT2D eigenvalue weighted by molar-refractivity contribution is -0.121. The summed E-state index contributed by atoms with van der Waals surface area (Å²) in [6.07, 6.45) is 6.55. The molecule has 4 rings (SSSR count). The van der Waals surface area contributed by atoms with Crippen molar-refractivity contribution in [2.75, 3.05) is 18.0 Å². The molecule has 28 heavy (non-hydrogen) atoms. The highest BCUT2D eigenvalue weighted by molar-refractivity contribution is 7.99. The number of rotatable bonds is 6. The quantitative estimate of drug-likeness (QED) is 0.646. The highest BCUT2D eigenvalue weighted by atomic mass is 32.2. The van der Waals surface area contributed by atoms with Crippen LogP contribution in [0.3, 0.4) is 0 Å². The molecule has 0 unspecified atom stereocenters. The van der Waals surface area contributed by atoms with E-state index in [0.29, 0.717) is 11.7 Å². The molecule has 0 aliphatic carbocycles. The van der Waals surface area contributed by atoms with E-state index in [-0.39, 0.29) is 11.9 Å². The van der Waals surface area contributed by atoms with E-state index in [1.807, 2.05) is 34.5 Å². The molecule has 1 N–H and O–H groups in total. The lowest BCUT2D eigenvalue weighted by atomic mass is 10.1. The molecule has 8 heteroatoms. The standard InChI is InChI=1S/C20H24N6OS/c1-14(2)28-17-5-3-15(4-6-17)11-18(27)23-16-7-9-25(12-16)19-20-24-22-13-26(20)10-8-21-19/h3-6,8,10,13-14,16H,7,9,11-12H2,1-2H3,(H,23,27)/t16-/m1/s1. The lowest BCUT2D eigenvalue weighted by Crippen LogP contribution is -2.38. The highest BCUT2D eigenvalue weighted by Crippen LogP contribution is 2.23. The van der Waals surface area contributed by atoms with Crippen molar-refractivity contribution >= 4 is 29.1 Å². The van der Waals surface area contributed by atoms with Crippen LogP contribution in [0.1, 0.15) is 25.8 Å². The monoisotopic (exact) mass is 396 g/mol. The van der Waals surface area contributed by atoms with E-state index in [2.05, 4.69) is 51.4 Å². The molecule has 1 saturated heterocycles. The van der Waals surface area contributed by atoms with Gasteiger partial charge in [0.05, 0.1) is 6.42 Å². The third kappa shape index (κ3) is 4.27. The molecule has 1 fully saturated rings. The number of nitrogens with zero attached hydrogens (tertiary/aromatic N) is 5. The Morgan fingerprint density at radius 2 is 2.14 bits per heavy atom. The Labute approximate surface area is 168 Å². The zero-order chi connectivity index (χ0) is 19.5. The minimum absolute atomic E-state index is 0.0600. The molecule has 0 saturated carbocycles. The van der Waals surface area contributed by atoms with Gasteiger partial charge in [-0.1, -0.05) is 26.0 Å². The van der Waals surface area contributed by atoms with E-state index >= 15 is 0 Å². The Bertz CT molecular complexity index is 955. The van der Waals surface area contributed by atoms with Crippen molar-refractivity contribution in [2.45, 2.75) is 42.9 Å². The molecule has 0 spiro atoms. The Kier molecular flexibility index (Phi) is 5.47. The second-order valence-corrected chi connectivity index (χ2v) is 8.95. The molecule has 146 valence electrons. The molecule has 1 aromatic carbocycles. The zero-order valence-electron chi connectivity index (χ0n) is 16.1. The van der Waals surface area contributed by atoms with Crippen molar-refractivity contribution in [2.24, 2.45) is 0 Å². The van der Waals surface area contributed by atoms with Gasteiger partial charge in [-0.3, -0.25) is 9.20 Å². The molecule has 2 aromatic heterocycles. The maximum Gasteiger partial charge on any atom is 0.224 e. The number of thioether (sulfide) groups is 1. The Morgan fingerprint density at radius 3 is 2.93 bits per heavy atom. The first-order valence-electron chi connectivity index (χ1n) is 9.53. The first-order chi connectivity index (χ1) is 13.6. The maximum atomic E-state index is 12.5. The van der Waals surface area contributed by atoms with Crippen molar-refractivity contribution in [1.29, 1.82) is 0 Å². The average Bonchev–Trinajstić information content (AvgIpc) is 3.32. The number of fused-ring (bicyclic) bond motifs is 1. The van der Waals surface area contributed by atoms with Crippen LogP contribution in [0.5, 0.6) is 0 Å². The van der Waals surface area contributed by atoms with Crippen LogP contribution in [0.15, 0.2) is 47.9 Å². The Morgan fingerprint density at radius 1 is 1.32 bits per heavy atom. The van der Waals surface area contributed by atoms with Crippen LogP contribution in [0.4, 0.5) is 5.82 Å². The van der Waals surface area contributed by atoms with Gasteiger partial charge in [0, 0.05) is 41.7 Å². The van der Waals surface area contributed by atoms with Crippen molar-refractivity contribution in [3.8, 4) is 0 Å². The minimum atomic E-state index is 0.0600. The Hall–Kier alpha value is -2.61. The van der Waals surface area contributed by atoms with E-state index < -0.39 is 0 Å². The summed E-state index contributed by atoms with van der Waals surface area (Å²) >= 11 is 1.83. The van der Waals surface area contributed by atoms with Gasteiger partial charge in [0.1, 0.15) is 6.33 Å². The summed E-state index contributed by atoms with van der Waals surface area (Å²) in [5.41, 5.74) is 1.78. The topological polar surface area (TPSA) is 75.4 Å². The van der Waals surface area contributed by atoms with Crippen molar-refractivity contribution < 1.29 is 4.79 Å². The predicted octanol–water partition coefficient (Wildman–Crippen LogP) is 2.56. The van der Waals surface area contributed by atoms with Gasteiger partial charge in [-0.05, 0) is 24.1 Å². The van der Waals surface area contributed by atoms with E-state index in [1.54, 1.807) is 12.5 Å². The molecule has 1 atom stereocenters. The van der Waals surface area contributed by atoms with Gasteiger partial charge in [0.25, 0.3) is 0 Å². The van der Waals surface area contributed by atoms with Crippen LogP contribution in [-0.2, 0) is 11.2 Å². The van der Waals surface area contributed by atoms with Gasteiger partial charge < -0.3 is 10.2 Å². The van der Waals surface area contributed by atoms with Gasteiger partial charge in [-0.15, -0.1) is 22.0 Å². The summed E-state index contributed by atoms with van der Waals surface area (Å²) in [5.74, 6) is 0.875. The van der Waals surface area contributed by atoms with E-state index in [0.717, 1.165) is 36.5 Å². The molecular formula is C20H24N6OS. The third-order valence-corrected chi connectivity index (χ3v) is 5.73. The third-order valence-electron chi connectivity index (χ3n) is 4.71. The maximum absolute atomic E-state index is 12.5. The van der Waals surface area contributed by atoms with Crippen molar-refractivity contribution in [3.63, 3.8) is 0 Å². The van der Waals surface area contributed by atoms with Crippen molar-refractivity contribution in [3.05, 3.63) is 48.5 Å². The normalized spacial score (nSPS) is 16.8. The zero-order valence-corrected chi connectivity index (χ0v) is 16.9. The summed E-state index contributed by atoms with van der Waals surface area (Å²) < 4.78 is 1.86. The molecule has 3 heterocycles. The first kappa shape index (κ1) is 18.7. The van der Waals surface area contributed by atoms with Crippen LogP contribution >= 0.6 is 11.8 Å².